The summed E-state index contributed by atoms with van der Waals surface area (Å²) in [5.74, 6) is 1.22. The van der Waals surface area contributed by atoms with Crippen LogP contribution in [0.2, 0.25) is 0 Å². The van der Waals surface area contributed by atoms with Crippen LogP contribution < -0.4 is 10.6 Å². The van der Waals surface area contributed by atoms with E-state index >= 15 is 0 Å². The van der Waals surface area contributed by atoms with E-state index in [9.17, 15) is 15.3 Å². The molecule has 2 aromatic heterocycles. The highest BCUT2D eigenvalue weighted by molar-refractivity contribution is 5.83. The molecular formula is C16H26N6O4. The number of aromatic nitrogens is 4. The minimum Gasteiger partial charge on any atom is -0.394 e. The minimum atomic E-state index is -1.22. The predicted octanol–water partition coefficient (Wildman–Crippen LogP) is -0.498. The lowest BCUT2D eigenvalue weighted by Gasteiger charge is -2.20. The Morgan fingerprint density at radius 3 is 2.65 bits per heavy atom. The van der Waals surface area contributed by atoms with Crippen molar-refractivity contribution in [3.05, 3.63) is 6.33 Å². The molecule has 3 rings (SSSR count). The van der Waals surface area contributed by atoms with Gasteiger partial charge in [0.2, 0.25) is 5.95 Å². The number of nitrogens with zero attached hydrogens (tertiary/aromatic N) is 5. The number of aliphatic hydroxyl groups excluding tert-OH is 3. The number of rotatable bonds is 6. The van der Waals surface area contributed by atoms with E-state index in [4.69, 9.17) is 10.5 Å². The molecule has 0 radical (unpaired) electrons. The second-order valence-electron chi connectivity index (χ2n) is 7.07. The van der Waals surface area contributed by atoms with Gasteiger partial charge in [0.25, 0.3) is 0 Å². The summed E-state index contributed by atoms with van der Waals surface area (Å²) in [6.45, 7) is 4.65. The van der Waals surface area contributed by atoms with Crippen molar-refractivity contribution in [2.24, 2.45) is 5.92 Å². The summed E-state index contributed by atoms with van der Waals surface area (Å²) in [7, 11) is 1.89. The molecule has 0 saturated carbocycles. The topological polar surface area (TPSA) is 143 Å². The maximum Gasteiger partial charge on any atom is 0.229 e. The average Bonchev–Trinajstić information content (AvgIpc) is 3.15. The molecule has 1 fully saturated rings. The molecule has 0 unspecified atom stereocenters. The lowest BCUT2D eigenvalue weighted by molar-refractivity contribution is -0.0511. The Morgan fingerprint density at radius 1 is 1.31 bits per heavy atom. The van der Waals surface area contributed by atoms with Crippen LogP contribution in [0.15, 0.2) is 6.33 Å². The predicted molar refractivity (Wildman–Crippen MR) is 95.5 cm³/mol. The number of hydrogen-bond donors (Lipinski definition) is 4. The number of nitrogen functional groups attached to an aromatic ring is 1. The SMILES string of the molecule is CC(C)CCN(C)c1nc(N)c2ncn([C@@H]3O[C@H](CO)[C@@H](O)[C@H]3O)c2n1. The normalized spacial score (nSPS) is 26.1. The number of ether oxygens (including phenoxy) is 1. The molecule has 1 aliphatic rings. The number of hydrogen-bond acceptors (Lipinski definition) is 9. The molecule has 1 aliphatic heterocycles. The van der Waals surface area contributed by atoms with Gasteiger partial charge in [-0.15, -0.1) is 0 Å². The van der Waals surface area contributed by atoms with Crippen LogP contribution >= 0.6 is 0 Å². The zero-order chi connectivity index (χ0) is 19.0. The Morgan fingerprint density at radius 2 is 2.04 bits per heavy atom. The van der Waals surface area contributed by atoms with Crippen molar-refractivity contribution in [1.82, 2.24) is 19.5 Å². The third-order valence-corrected chi connectivity index (χ3v) is 4.61. The molecule has 0 spiro atoms. The van der Waals surface area contributed by atoms with E-state index in [0.29, 0.717) is 23.0 Å². The first-order chi connectivity index (χ1) is 12.3. The van der Waals surface area contributed by atoms with Crippen LogP contribution in [0.5, 0.6) is 0 Å². The van der Waals surface area contributed by atoms with Crippen molar-refractivity contribution < 1.29 is 20.1 Å². The Labute approximate surface area is 151 Å². The van der Waals surface area contributed by atoms with Crippen LogP contribution in [0.25, 0.3) is 11.2 Å². The number of fused-ring (bicyclic) bond motifs is 1. The number of aliphatic hydroxyl groups is 3. The Bertz CT molecular complexity index is 767. The van der Waals surface area contributed by atoms with E-state index in [1.54, 1.807) is 0 Å². The van der Waals surface area contributed by atoms with Crippen molar-refractivity contribution >= 4 is 22.9 Å². The fraction of sp³-hybridized carbons (Fsp3) is 0.688. The highest BCUT2D eigenvalue weighted by Crippen LogP contribution is 2.32. The zero-order valence-corrected chi connectivity index (χ0v) is 15.1. The van der Waals surface area contributed by atoms with Crippen LogP contribution in [0, 0.1) is 5.92 Å². The average molecular weight is 366 g/mol. The van der Waals surface area contributed by atoms with Gasteiger partial charge in [0.15, 0.2) is 17.7 Å². The first-order valence-electron chi connectivity index (χ1n) is 8.67. The van der Waals surface area contributed by atoms with Crippen molar-refractivity contribution in [2.75, 3.05) is 30.8 Å². The Hall–Kier alpha value is -2.01. The summed E-state index contributed by atoms with van der Waals surface area (Å²) < 4.78 is 7.08. The quantitative estimate of drug-likeness (QED) is 0.532. The molecule has 10 nitrogen and oxygen atoms in total. The van der Waals surface area contributed by atoms with Crippen molar-refractivity contribution in [1.29, 1.82) is 0 Å². The minimum absolute atomic E-state index is 0.229. The fourth-order valence-electron chi connectivity index (χ4n) is 2.95. The first kappa shape index (κ1) is 18.8. The molecule has 3 heterocycles. The fourth-order valence-corrected chi connectivity index (χ4v) is 2.95. The standard InChI is InChI=1S/C16H26N6O4/c1-8(2)4-5-21(3)16-19-13(17)10-14(20-16)22(7-18-10)15-12(25)11(24)9(6-23)26-15/h7-9,11-12,15,23-25H,4-6H2,1-3H3,(H2,17,19,20)/t9-,11-,12-,15-/m1/s1. The van der Waals surface area contributed by atoms with Gasteiger partial charge in [0, 0.05) is 13.6 Å². The van der Waals surface area contributed by atoms with Gasteiger partial charge in [-0.1, -0.05) is 13.8 Å². The van der Waals surface area contributed by atoms with Gasteiger partial charge >= 0.3 is 0 Å². The number of imidazole rings is 1. The second-order valence-corrected chi connectivity index (χ2v) is 7.07. The van der Waals surface area contributed by atoms with Crippen LogP contribution in [0.1, 0.15) is 26.5 Å². The number of anilines is 2. The zero-order valence-electron chi connectivity index (χ0n) is 15.1. The smallest absolute Gasteiger partial charge is 0.229 e. The summed E-state index contributed by atoms with van der Waals surface area (Å²) in [4.78, 5) is 15.0. The van der Waals surface area contributed by atoms with Crippen LogP contribution in [-0.4, -0.2) is 73.3 Å². The molecule has 5 N–H and O–H groups in total. The lowest BCUT2D eigenvalue weighted by atomic mass is 10.1. The van der Waals surface area contributed by atoms with E-state index in [1.807, 2.05) is 11.9 Å². The third-order valence-electron chi connectivity index (χ3n) is 4.61. The molecule has 0 bridgehead atoms. The van der Waals surface area contributed by atoms with Gasteiger partial charge in [-0.2, -0.15) is 9.97 Å². The van der Waals surface area contributed by atoms with E-state index in [2.05, 4.69) is 28.8 Å². The molecule has 0 amide bonds. The lowest BCUT2D eigenvalue weighted by Crippen LogP contribution is -2.33. The van der Waals surface area contributed by atoms with Crippen LogP contribution in [-0.2, 0) is 4.74 Å². The largest absolute Gasteiger partial charge is 0.394 e. The first-order valence-corrected chi connectivity index (χ1v) is 8.67. The Balaban J connectivity index is 1.95. The van der Waals surface area contributed by atoms with Crippen LogP contribution in [0.3, 0.4) is 0 Å². The van der Waals surface area contributed by atoms with E-state index in [-0.39, 0.29) is 5.82 Å². The van der Waals surface area contributed by atoms with Gasteiger partial charge in [0.05, 0.1) is 12.9 Å². The van der Waals surface area contributed by atoms with Gasteiger partial charge in [0.1, 0.15) is 23.8 Å². The van der Waals surface area contributed by atoms with Gasteiger partial charge in [-0.25, -0.2) is 4.98 Å². The molecular weight excluding hydrogens is 340 g/mol. The van der Waals surface area contributed by atoms with Crippen molar-refractivity contribution in [2.45, 2.75) is 44.8 Å². The van der Waals surface area contributed by atoms with Gasteiger partial charge in [-0.05, 0) is 12.3 Å². The highest BCUT2D eigenvalue weighted by Gasteiger charge is 2.44. The summed E-state index contributed by atoms with van der Waals surface area (Å²) >= 11 is 0. The van der Waals surface area contributed by atoms with Crippen LogP contribution in [0.4, 0.5) is 11.8 Å². The molecule has 26 heavy (non-hydrogen) atoms. The van der Waals surface area contributed by atoms with Crippen molar-refractivity contribution in [3.8, 4) is 0 Å². The molecule has 10 heteroatoms. The summed E-state index contributed by atoms with van der Waals surface area (Å²) in [6, 6.07) is 0. The molecule has 4 atom stereocenters. The monoisotopic (exact) mass is 366 g/mol. The van der Waals surface area contributed by atoms with Crippen molar-refractivity contribution in [3.63, 3.8) is 0 Å². The summed E-state index contributed by atoms with van der Waals surface area (Å²) in [5.41, 5.74) is 6.83. The van der Waals surface area contributed by atoms with E-state index in [0.717, 1.165) is 13.0 Å². The van der Waals surface area contributed by atoms with E-state index < -0.39 is 31.1 Å². The second kappa shape index (κ2) is 7.31. The molecule has 1 saturated heterocycles. The third kappa shape index (κ3) is 3.32. The molecule has 144 valence electrons. The molecule has 2 aromatic rings. The summed E-state index contributed by atoms with van der Waals surface area (Å²) in [6.07, 6.45) is -1.80. The van der Waals surface area contributed by atoms with Gasteiger partial charge < -0.3 is 30.7 Å². The van der Waals surface area contributed by atoms with E-state index in [1.165, 1.54) is 10.9 Å². The molecule has 0 aromatic carbocycles. The number of nitrogens with two attached hydrogens (primary N) is 1. The molecule has 0 aliphatic carbocycles. The van der Waals surface area contributed by atoms with Gasteiger partial charge in [-0.3, -0.25) is 4.57 Å². The maximum absolute atomic E-state index is 10.3. The maximum atomic E-state index is 10.3. The summed E-state index contributed by atoms with van der Waals surface area (Å²) in [5, 5.41) is 29.5. The Kier molecular flexibility index (Phi) is 5.28. The highest BCUT2D eigenvalue weighted by atomic mass is 16.6.